The summed E-state index contributed by atoms with van der Waals surface area (Å²) in [6, 6.07) is 6.39. The number of hydrogen-bond acceptors (Lipinski definition) is 5. The van der Waals surface area contributed by atoms with Gasteiger partial charge >= 0.3 is 0 Å². The van der Waals surface area contributed by atoms with Crippen molar-refractivity contribution >= 4 is 29.1 Å². The number of rotatable bonds is 6. The van der Waals surface area contributed by atoms with Crippen LogP contribution in [0.1, 0.15) is 30.1 Å². The number of likely N-dealkylation sites (tertiary alicyclic amines) is 1. The minimum Gasteiger partial charge on any atom is -0.497 e. The van der Waals surface area contributed by atoms with Crippen LogP contribution in [0.2, 0.25) is 0 Å². The van der Waals surface area contributed by atoms with Gasteiger partial charge in [-0.25, -0.2) is 0 Å². The van der Waals surface area contributed by atoms with Crippen molar-refractivity contribution in [3.05, 3.63) is 29.8 Å². The number of thiocarbonyl (C=S) groups is 1. The van der Waals surface area contributed by atoms with E-state index >= 15 is 0 Å². The average molecular weight is 449 g/mol. The molecule has 2 amide bonds. The maximum absolute atomic E-state index is 13.4. The summed E-state index contributed by atoms with van der Waals surface area (Å²) in [5, 5.41) is 6.96. The second kappa shape index (κ2) is 11.3. The van der Waals surface area contributed by atoms with Gasteiger partial charge in [-0.2, -0.15) is 0 Å². The van der Waals surface area contributed by atoms with Gasteiger partial charge in [-0.3, -0.25) is 9.59 Å². The lowest BCUT2D eigenvalue weighted by molar-refractivity contribution is -0.139. The highest BCUT2D eigenvalue weighted by Crippen LogP contribution is 2.23. The highest BCUT2D eigenvalue weighted by molar-refractivity contribution is 7.80. The van der Waals surface area contributed by atoms with Crippen molar-refractivity contribution in [3.63, 3.8) is 0 Å². The summed E-state index contributed by atoms with van der Waals surface area (Å²) < 4.78 is 10.6. The van der Waals surface area contributed by atoms with Gasteiger partial charge in [0.1, 0.15) is 11.8 Å². The van der Waals surface area contributed by atoms with Crippen LogP contribution < -0.4 is 15.4 Å². The van der Waals surface area contributed by atoms with Gasteiger partial charge in [-0.15, -0.1) is 0 Å². The molecule has 0 bridgehead atoms. The molecule has 31 heavy (non-hydrogen) atoms. The van der Waals surface area contributed by atoms with Crippen molar-refractivity contribution in [2.24, 2.45) is 5.92 Å². The second-order valence-corrected chi connectivity index (χ2v) is 8.17. The van der Waals surface area contributed by atoms with E-state index in [1.54, 1.807) is 36.3 Å². The Morgan fingerprint density at radius 2 is 1.90 bits per heavy atom. The molecule has 0 aliphatic carbocycles. The van der Waals surface area contributed by atoms with Crippen LogP contribution in [0.5, 0.6) is 5.75 Å². The fourth-order valence-electron chi connectivity index (χ4n) is 4.05. The Morgan fingerprint density at radius 3 is 2.55 bits per heavy atom. The van der Waals surface area contributed by atoms with Crippen molar-refractivity contribution in [2.45, 2.75) is 25.8 Å². The molecule has 2 saturated heterocycles. The van der Waals surface area contributed by atoms with Crippen LogP contribution in [0.25, 0.3) is 0 Å². The van der Waals surface area contributed by atoms with Gasteiger partial charge in [0, 0.05) is 38.3 Å². The number of benzene rings is 1. The molecule has 8 nitrogen and oxygen atoms in total. The van der Waals surface area contributed by atoms with Crippen LogP contribution in [0.3, 0.4) is 0 Å². The molecule has 9 heteroatoms. The molecular weight excluding hydrogens is 416 g/mol. The summed E-state index contributed by atoms with van der Waals surface area (Å²) in [6.45, 7) is 6.48. The first-order chi connectivity index (χ1) is 15.0. The summed E-state index contributed by atoms with van der Waals surface area (Å²) >= 11 is 5.43. The molecule has 0 aromatic heterocycles. The second-order valence-electron chi connectivity index (χ2n) is 7.78. The number of carbonyl (C=O) groups is 2. The standard InChI is InChI=1S/C22H32N4O4S/c1-3-23-22(31)26-9-7-16(8-10-26)19(21(28)25-11-13-30-14-12-25)24-20(27)17-5-4-6-18(15-17)29-2/h4-6,15-16,19H,3,7-14H2,1-2H3,(H,23,31)(H,24,27). The molecule has 2 heterocycles. The van der Waals surface area contributed by atoms with E-state index in [0.29, 0.717) is 37.6 Å². The third-order valence-electron chi connectivity index (χ3n) is 5.83. The van der Waals surface area contributed by atoms with Gasteiger partial charge in [0.05, 0.1) is 20.3 Å². The van der Waals surface area contributed by atoms with Crippen LogP contribution in [0.4, 0.5) is 0 Å². The van der Waals surface area contributed by atoms with Crippen molar-refractivity contribution in [2.75, 3.05) is 53.0 Å². The smallest absolute Gasteiger partial charge is 0.252 e. The number of methoxy groups -OCH3 is 1. The normalized spacial score (nSPS) is 18.3. The topological polar surface area (TPSA) is 83.1 Å². The number of piperidine rings is 1. The largest absolute Gasteiger partial charge is 0.497 e. The van der Waals surface area contributed by atoms with E-state index in [4.69, 9.17) is 21.7 Å². The lowest BCUT2D eigenvalue weighted by Gasteiger charge is -2.39. The Labute approximate surface area is 189 Å². The summed E-state index contributed by atoms with van der Waals surface area (Å²) in [7, 11) is 1.56. The van der Waals surface area contributed by atoms with Crippen molar-refractivity contribution in [3.8, 4) is 5.75 Å². The van der Waals surface area contributed by atoms with Gasteiger partial charge in [-0.05, 0) is 56.1 Å². The molecular formula is C22H32N4O4S. The van der Waals surface area contributed by atoms with E-state index in [1.165, 1.54) is 0 Å². The van der Waals surface area contributed by atoms with E-state index < -0.39 is 6.04 Å². The van der Waals surface area contributed by atoms with Crippen molar-refractivity contribution in [1.82, 2.24) is 20.4 Å². The SMILES string of the molecule is CCNC(=S)N1CCC(C(NC(=O)c2cccc(OC)c2)C(=O)N2CCOCC2)CC1. The molecule has 2 fully saturated rings. The van der Waals surface area contributed by atoms with E-state index in [-0.39, 0.29) is 17.7 Å². The van der Waals surface area contributed by atoms with E-state index in [1.807, 2.05) is 6.92 Å². The first-order valence-corrected chi connectivity index (χ1v) is 11.3. The third-order valence-corrected chi connectivity index (χ3v) is 6.24. The molecule has 170 valence electrons. The molecule has 2 aliphatic heterocycles. The first-order valence-electron chi connectivity index (χ1n) is 10.9. The zero-order chi connectivity index (χ0) is 22.2. The molecule has 2 aliphatic rings. The average Bonchev–Trinajstić information content (AvgIpc) is 2.83. The van der Waals surface area contributed by atoms with Crippen LogP contribution in [-0.2, 0) is 9.53 Å². The summed E-state index contributed by atoms with van der Waals surface area (Å²) in [5.74, 6) is 0.350. The highest BCUT2D eigenvalue weighted by atomic mass is 32.1. The number of ether oxygens (including phenoxy) is 2. The van der Waals surface area contributed by atoms with Gasteiger partial charge in [0.2, 0.25) is 5.91 Å². The molecule has 1 atom stereocenters. The maximum Gasteiger partial charge on any atom is 0.252 e. The fourth-order valence-corrected chi connectivity index (χ4v) is 4.38. The predicted molar refractivity (Wildman–Crippen MR) is 122 cm³/mol. The minimum atomic E-state index is -0.577. The number of nitrogens with one attached hydrogen (secondary N) is 2. The molecule has 3 rings (SSSR count). The maximum atomic E-state index is 13.4. The summed E-state index contributed by atoms with van der Waals surface area (Å²) in [5.41, 5.74) is 0.477. The van der Waals surface area contributed by atoms with Gasteiger partial charge in [-0.1, -0.05) is 6.07 Å². The Balaban J connectivity index is 1.72. The Hall–Kier alpha value is -2.39. The van der Waals surface area contributed by atoms with Crippen LogP contribution in [0, 0.1) is 5.92 Å². The molecule has 1 unspecified atom stereocenters. The minimum absolute atomic E-state index is 0.0349. The van der Waals surface area contributed by atoms with E-state index in [0.717, 1.165) is 37.6 Å². The Bertz CT molecular complexity index is 777. The van der Waals surface area contributed by atoms with E-state index in [2.05, 4.69) is 15.5 Å². The van der Waals surface area contributed by atoms with Crippen LogP contribution in [0.15, 0.2) is 24.3 Å². The third kappa shape index (κ3) is 6.07. The fraction of sp³-hybridized carbons (Fsp3) is 0.591. The first kappa shape index (κ1) is 23.3. The number of carbonyl (C=O) groups excluding carboxylic acids is 2. The van der Waals surface area contributed by atoms with Crippen LogP contribution in [-0.4, -0.2) is 85.8 Å². The molecule has 1 aromatic rings. The number of nitrogens with zero attached hydrogens (tertiary/aromatic N) is 2. The molecule has 2 N–H and O–H groups in total. The zero-order valence-electron chi connectivity index (χ0n) is 18.3. The molecule has 0 saturated carbocycles. The molecule has 0 spiro atoms. The van der Waals surface area contributed by atoms with Crippen molar-refractivity contribution < 1.29 is 19.1 Å². The molecule has 0 radical (unpaired) electrons. The quantitative estimate of drug-likeness (QED) is 0.634. The number of hydrogen-bond donors (Lipinski definition) is 2. The zero-order valence-corrected chi connectivity index (χ0v) is 19.1. The lowest BCUT2D eigenvalue weighted by atomic mass is 9.88. The number of amides is 2. The monoisotopic (exact) mass is 448 g/mol. The highest BCUT2D eigenvalue weighted by Gasteiger charge is 2.36. The predicted octanol–water partition coefficient (Wildman–Crippen LogP) is 1.26. The van der Waals surface area contributed by atoms with Gasteiger partial charge in [0.25, 0.3) is 5.91 Å². The Kier molecular flexibility index (Phi) is 8.48. The van der Waals surface area contributed by atoms with Crippen molar-refractivity contribution in [1.29, 1.82) is 0 Å². The summed E-state index contributed by atoms with van der Waals surface area (Å²) in [4.78, 5) is 30.3. The van der Waals surface area contributed by atoms with Gasteiger partial charge < -0.3 is 29.9 Å². The Morgan fingerprint density at radius 1 is 1.19 bits per heavy atom. The molecule has 1 aromatic carbocycles. The lowest BCUT2D eigenvalue weighted by Crippen LogP contribution is -2.57. The number of morpholine rings is 1. The van der Waals surface area contributed by atoms with Gasteiger partial charge in [0.15, 0.2) is 5.11 Å². The van der Waals surface area contributed by atoms with E-state index in [9.17, 15) is 9.59 Å². The summed E-state index contributed by atoms with van der Waals surface area (Å²) in [6.07, 6.45) is 1.56. The van der Waals surface area contributed by atoms with Crippen LogP contribution >= 0.6 is 12.2 Å².